The molecule has 1 aliphatic rings. The first kappa shape index (κ1) is 17.0. The van der Waals surface area contributed by atoms with Gasteiger partial charge in [-0.2, -0.15) is 0 Å². The average molecular weight is 345 g/mol. The number of anilines is 1. The van der Waals surface area contributed by atoms with E-state index in [1.54, 1.807) is 24.3 Å². The zero-order valence-corrected chi connectivity index (χ0v) is 14.3. The Morgan fingerprint density at radius 2 is 1.79 bits per heavy atom. The minimum Gasteiger partial charge on any atom is -0.380 e. The molecule has 0 saturated carbocycles. The van der Waals surface area contributed by atoms with E-state index in [0.717, 1.165) is 45.0 Å². The number of carbonyl (C=O) groups is 1. The SMILES string of the molecule is O=C(Nc1ccc(CN2CCCOCC2)cc1)c1ccc(Cl)cc1. The van der Waals surface area contributed by atoms with Gasteiger partial charge in [-0.1, -0.05) is 23.7 Å². The molecule has 1 fully saturated rings. The minimum atomic E-state index is -0.135. The van der Waals surface area contributed by atoms with Gasteiger partial charge in [-0.15, -0.1) is 0 Å². The van der Waals surface area contributed by atoms with E-state index in [1.807, 2.05) is 12.1 Å². The van der Waals surface area contributed by atoms with Gasteiger partial charge in [-0.25, -0.2) is 0 Å². The number of carbonyl (C=O) groups excluding carboxylic acids is 1. The highest BCUT2D eigenvalue weighted by Gasteiger charge is 2.10. The molecule has 2 aromatic rings. The Kier molecular flexibility index (Phi) is 5.86. The van der Waals surface area contributed by atoms with E-state index in [4.69, 9.17) is 16.3 Å². The van der Waals surface area contributed by atoms with Crippen LogP contribution in [0.4, 0.5) is 5.69 Å². The first-order valence-corrected chi connectivity index (χ1v) is 8.54. The molecule has 4 nitrogen and oxygen atoms in total. The molecule has 126 valence electrons. The molecular weight excluding hydrogens is 324 g/mol. The fourth-order valence-corrected chi connectivity index (χ4v) is 2.84. The maximum Gasteiger partial charge on any atom is 0.255 e. The summed E-state index contributed by atoms with van der Waals surface area (Å²) in [7, 11) is 0. The molecule has 0 spiro atoms. The first-order chi connectivity index (χ1) is 11.7. The van der Waals surface area contributed by atoms with Gasteiger partial charge in [-0.3, -0.25) is 9.69 Å². The molecule has 1 amide bonds. The van der Waals surface area contributed by atoms with Crippen LogP contribution >= 0.6 is 11.6 Å². The number of hydrogen-bond acceptors (Lipinski definition) is 3. The molecular formula is C19H21ClN2O2. The summed E-state index contributed by atoms with van der Waals surface area (Å²) in [5, 5.41) is 3.52. The van der Waals surface area contributed by atoms with E-state index in [9.17, 15) is 4.79 Å². The molecule has 1 saturated heterocycles. The second-order valence-corrected chi connectivity index (χ2v) is 6.34. The first-order valence-electron chi connectivity index (χ1n) is 8.17. The van der Waals surface area contributed by atoms with Crippen molar-refractivity contribution in [3.8, 4) is 0 Å². The second kappa shape index (κ2) is 8.29. The predicted molar refractivity (Wildman–Crippen MR) is 96.6 cm³/mol. The summed E-state index contributed by atoms with van der Waals surface area (Å²) >= 11 is 5.84. The number of benzene rings is 2. The summed E-state index contributed by atoms with van der Waals surface area (Å²) in [4.78, 5) is 14.6. The molecule has 0 atom stereocenters. The van der Waals surface area contributed by atoms with E-state index in [-0.39, 0.29) is 5.91 Å². The van der Waals surface area contributed by atoms with Gasteiger partial charge < -0.3 is 10.1 Å². The summed E-state index contributed by atoms with van der Waals surface area (Å²) in [5.41, 5.74) is 2.62. The van der Waals surface area contributed by atoms with Crippen LogP contribution in [0.2, 0.25) is 5.02 Å². The zero-order valence-electron chi connectivity index (χ0n) is 13.5. The lowest BCUT2D eigenvalue weighted by Crippen LogP contribution is -2.25. The highest BCUT2D eigenvalue weighted by molar-refractivity contribution is 6.30. The van der Waals surface area contributed by atoms with Crippen molar-refractivity contribution in [1.29, 1.82) is 0 Å². The predicted octanol–water partition coefficient (Wildman–Crippen LogP) is 3.81. The number of nitrogens with zero attached hydrogens (tertiary/aromatic N) is 1. The highest BCUT2D eigenvalue weighted by atomic mass is 35.5. The van der Waals surface area contributed by atoms with E-state index >= 15 is 0 Å². The average Bonchev–Trinajstić information content (AvgIpc) is 2.86. The third kappa shape index (κ3) is 4.81. The molecule has 2 aromatic carbocycles. The van der Waals surface area contributed by atoms with E-state index in [2.05, 4.69) is 22.3 Å². The van der Waals surface area contributed by atoms with Crippen LogP contribution in [0.5, 0.6) is 0 Å². The zero-order chi connectivity index (χ0) is 16.8. The smallest absolute Gasteiger partial charge is 0.255 e. The van der Waals surface area contributed by atoms with Gasteiger partial charge in [0, 0.05) is 42.5 Å². The van der Waals surface area contributed by atoms with Crippen molar-refractivity contribution in [2.45, 2.75) is 13.0 Å². The number of amides is 1. The molecule has 24 heavy (non-hydrogen) atoms. The third-order valence-corrected chi connectivity index (χ3v) is 4.29. The van der Waals surface area contributed by atoms with Gasteiger partial charge >= 0.3 is 0 Å². The fourth-order valence-electron chi connectivity index (χ4n) is 2.71. The Balaban J connectivity index is 1.57. The van der Waals surface area contributed by atoms with Crippen molar-refractivity contribution >= 4 is 23.2 Å². The van der Waals surface area contributed by atoms with Crippen LogP contribution in [0.15, 0.2) is 48.5 Å². The molecule has 0 aromatic heterocycles. The van der Waals surface area contributed by atoms with E-state index in [0.29, 0.717) is 10.6 Å². The van der Waals surface area contributed by atoms with Crippen LogP contribution in [0.1, 0.15) is 22.3 Å². The molecule has 0 bridgehead atoms. The van der Waals surface area contributed by atoms with Crippen molar-refractivity contribution in [2.75, 3.05) is 31.6 Å². The Morgan fingerprint density at radius 3 is 2.54 bits per heavy atom. The van der Waals surface area contributed by atoms with Crippen molar-refractivity contribution in [3.63, 3.8) is 0 Å². The standard InChI is InChI=1S/C19H21ClN2O2/c20-17-6-4-16(5-7-17)19(23)21-18-8-2-15(3-9-18)14-22-10-1-12-24-13-11-22/h2-9H,1,10-14H2,(H,21,23). The topological polar surface area (TPSA) is 41.6 Å². The molecule has 0 radical (unpaired) electrons. The van der Waals surface area contributed by atoms with Crippen molar-refractivity contribution in [3.05, 3.63) is 64.7 Å². The number of ether oxygens (including phenoxy) is 1. The highest BCUT2D eigenvalue weighted by Crippen LogP contribution is 2.15. The van der Waals surface area contributed by atoms with Crippen LogP contribution < -0.4 is 5.32 Å². The van der Waals surface area contributed by atoms with Gasteiger partial charge in [0.2, 0.25) is 0 Å². The van der Waals surface area contributed by atoms with Gasteiger partial charge in [0.1, 0.15) is 0 Å². The molecule has 1 heterocycles. The van der Waals surface area contributed by atoms with Crippen LogP contribution in [0.3, 0.4) is 0 Å². The largest absolute Gasteiger partial charge is 0.380 e. The third-order valence-electron chi connectivity index (χ3n) is 4.04. The van der Waals surface area contributed by atoms with Crippen molar-refractivity contribution in [1.82, 2.24) is 4.90 Å². The van der Waals surface area contributed by atoms with Crippen LogP contribution in [-0.4, -0.2) is 37.1 Å². The van der Waals surface area contributed by atoms with Gasteiger partial charge in [0.05, 0.1) is 6.61 Å². The summed E-state index contributed by atoms with van der Waals surface area (Å²) in [5.74, 6) is -0.135. The molecule has 3 rings (SSSR count). The van der Waals surface area contributed by atoms with Crippen molar-refractivity contribution in [2.24, 2.45) is 0 Å². The maximum absolute atomic E-state index is 12.2. The summed E-state index contributed by atoms with van der Waals surface area (Å²) in [6.07, 6.45) is 1.08. The number of halogens is 1. The number of hydrogen-bond donors (Lipinski definition) is 1. The quantitative estimate of drug-likeness (QED) is 0.916. The van der Waals surface area contributed by atoms with Crippen molar-refractivity contribution < 1.29 is 9.53 Å². The number of nitrogens with one attached hydrogen (secondary N) is 1. The molecule has 0 unspecified atom stereocenters. The van der Waals surface area contributed by atoms with Gasteiger partial charge in [-0.05, 0) is 48.4 Å². The lowest BCUT2D eigenvalue weighted by atomic mass is 10.1. The molecule has 5 heteroatoms. The van der Waals surface area contributed by atoms with Gasteiger partial charge in [0.15, 0.2) is 0 Å². The van der Waals surface area contributed by atoms with Crippen LogP contribution in [0.25, 0.3) is 0 Å². The molecule has 1 aliphatic heterocycles. The summed E-state index contributed by atoms with van der Waals surface area (Å²) < 4.78 is 5.48. The van der Waals surface area contributed by atoms with E-state index < -0.39 is 0 Å². The normalized spacial score (nSPS) is 15.7. The lowest BCUT2D eigenvalue weighted by Gasteiger charge is -2.19. The summed E-state index contributed by atoms with van der Waals surface area (Å²) in [6.45, 7) is 4.60. The molecule has 1 N–H and O–H groups in total. The minimum absolute atomic E-state index is 0.135. The maximum atomic E-state index is 12.2. The van der Waals surface area contributed by atoms with Crippen LogP contribution in [0, 0.1) is 0 Å². The van der Waals surface area contributed by atoms with Crippen LogP contribution in [-0.2, 0) is 11.3 Å². The Morgan fingerprint density at radius 1 is 1.04 bits per heavy atom. The fraction of sp³-hybridized carbons (Fsp3) is 0.316. The second-order valence-electron chi connectivity index (χ2n) is 5.90. The monoisotopic (exact) mass is 344 g/mol. The Labute approximate surface area is 147 Å². The Bertz CT molecular complexity index is 663. The lowest BCUT2D eigenvalue weighted by molar-refractivity contribution is 0.102. The molecule has 0 aliphatic carbocycles. The summed E-state index contributed by atoms with van der Waals surface area (Å²) in [6, 6.07) is 14.9. The van der Waals surface area contributed by atoms with Gasteiger partial charge in [0.25, 0.3) is 5.91 Å². The van der Waals surface area contributed by atoms with E-state index in [1.165, 1.54) is 5.56 Å². The Hall–Kier alpha value is -1.88. The number of rotatable bonds is 4.